The Kier molecular flexibility index (Phi) is 8.97. The number of nitrogens with zero attached hydrogens (tertiary/aromatic N) is 3. The van der Waals surface area contributed by atoms with Crippen molar-refractivity contribution in [3.8, 4) is 5.75 Å². The Bertz CT molecular complexity index is 783. The smallest absolute Gasteiger partial charge is 0.316 e. The summed E-state index contributed by atoms with van der Waals surface area (Å²) in [5, 5.41) is 10.1. The SMILES string of the molecule is C=CCn1c(CCCOc2ccc(Cl)cc2Cl)nnc1SCC(=O)OCC. The second-order valence-corrected chi connectivity index (χ2v) is 7.20. The summed E-state index contributed by atoms with van der Waals surface area (Å²) in [4.78, 5) is 11.5. The van der Waals surface area contributed by atoms with Gasteiger partial charge in [-0.3, -0.25) is 4.79 Å². The van der Waals surface area contributed by atoms with E-state index in [0.29, 0.717) is 47.1 Å². The van der Waals surface area contributed by atoms with Crippen LogP contribution in [-0.2, 0) is 22.5 Å². The van der Waals surface area contributed by atoms with Gasteiger partial charge in [-0.2, -0.15) is 0 Å². The first kappa shape index (κ1) is 21.6. The van der Waals surface area contributed by atoms with Crippen molar-refractivity contribution in [3.05, 3.63) is 46.7 Å². The van der Waals surface area contributed by atoms with Crippen LogP contribution in [0, 0.1) is 0 Å². The number of allylic oxidation sites excluding steroid dienone is 1. The lowest BCUT2D eigenvalue weighted by molar-refractivity contribution is -0.139. The van der Waals surface area contributed by atoms with Gasteiger partial charge in [0.1, 0.15) is 11.6 Å². The minimum atomic E-state index is -0.273. The van der Waals surface area contributed by atoms with Crippen molar-refractivity contribution in [3.63, 3.8) is 0 Å². The number of aryl methyl sites for hydroxylation is 1. The first-order valence-corrected chi connectivity index (χ1v) is 10.2. The molecule has 0 amide bonds. The molecule has 0 bridgehead atoms. The van der Waals surface area contributed by atoms with Gasteiger partial charge in [-0.25, -0.2) is 0 Å². The van der Waals surface area contributed by atoms with Gasteiger partial charge >= 0.3 is 5.97 Å². The number of ether oxygens (including phenoxy) is 2. The normalized spacial score (nSPS) is 10.6. The topological polar surface area (TPSA) is 66.2 Å². The molecule has 0 saturated heterocycles. The largest absolute Gasteiger partial charge is 0.492 e. The minimum absolute atomic E-state index is 0.196. The molecule has 0 aliphatic heterocycles. The lowest BCUT2D eigenvalue weighted by atomic mass is 10.3. The summed E-state index contributed by atoms with van der Waals surface area (Å²) in [6, 6.07) is 5.12. The van der Waals surface area contributed by atoms with E-state index in [2.05, 4.69) is 16.8 Å². The molecule has 6 nitrogen and oxygen atoms in total. The zero-order valence-corrected chi connectivity index (χ0v) is 17.3. The summed E-state index contributed by atoms with van der Waals surface area (Å²) in [7, 11) is 0. The number of hydrogen-bond donors (Lipinski definition) is 0. The Hall–Kier alpha value is -1.70. The third-order valence-electron chi connectivity index (χ3n) is 3.43. The van der Waals surface area contributed by atoms with Gasteiger partial charge in [0.2, 0.25) is 0 Å². The van der Waals surface area contributed by atoms with Crippen molar-refractivity contribution in [2.24, 2.45) is 0 Å². The average Bonchev–Trinajstić information content (AvgIpc) is 3.01. The Morgan fingerprint density at radius 1 is 1.37 bits per heavy atom. The number of benzene rings is 1. The monoisotopic (exact) mass is 429 g/mol. The first-order valence-electron chi connectivity index (χ1n) is 8.44. The van der Waals surface area contributed by atoms with Crippen molar-refractivity contribution in [2.75, 3.05) is 19.0 Å². The van der Waals surface area contributed by atoms with Crippen LogP contribution in [0.5, 0.6) is 5.75 Å². The fourth-order valence-electron chi connectivity index (χ4n) is 2.25. The summed E-state index contributed by atoms with van der Waals surface area (Å²) in [5.41, 5.74) is 0. The number of thioether (sulfide) groups is 1. The summed E-state index contributed by atoms with van der Waals surface area (Å²) in [6.45, 7) is 6.96. The molecule has 0 unspecified atom stereocenters. The minimum Gasteiger partial charge on any atom is -0.492 e. The van der Waals surface area contributed by atoms with Crippen LogP contribution in [0.25, 0.3) is 0 Å². The molecule has 146 valence electrons. The van der Waals surface area contributed by atoms with Gasteiger partial charge < -0.3 is 14.0 Å². The summed E-state index contributed by atoms with van der Waals surface area (Å²) in [6.07, 6.45) is 3.17. The van der Waals surface area contributed by atoms with Crippen molar-refractivity contribution < 1.29 is 14.3 Å². The van der Waals surface area contributed by atoms with Crippen molar-refractivity contribution in [1.29, 1.82) is 0 Å². The van der Waals surface area contributed by atoms with Crippen LogP contribution < -0.4 is 4.74 Å². The van der Waals surface area contributed by atoms with E-state index in [9.17, 15) is 4.79 Å². The fourth-order valence-corrected chi connectivity index (χ4v) is 3.48. The number of halogens is 2. The van der Waals surface area contributed by atoms with Gasteiger partial charge in [0.25, 0.3) is 0 Å². The lowest BCUT2D eigenvalue weighted by Gasteiger charge is -2.09. The Balaban J connectivity index is 1.89. The molecule has 0 N–H and O–H groups in total. The van der Waals surface area contributed by atoms with E-state index >= 15 is 0 Å². The number of carbonyl (C=O) groups is 1. The molecule has 1 heterocycles. The van der Waals surface area contributed by atoms with Crippen LogP contribution in [0.2, 0.25) is 10.0 Å². The molecular formula is C18H21Cl2N3O3S. The molecule has 0 atom stereocenters. The molecule has 0 radical (unpaired) electrons. The predicted molar refractivity (Wildman–Crippen MR) is 108 cm³/mol. The van der Waals surface area contributed by atoms with Crippen LogP contribution in [0.1, 0.15) is 19.2 Å². The number of aromatic nitrogens is 3. The quantitative estimate of drug-likeness (QED) is 0.227. The van der Waals surface area contributed by atoms with Crippen molar-refractivity contribution in [1.82, 2.24) is 14.8 Å². The summed E-state index contributed by atoms with van der Waals surface area (Å²) in [5.74, 6) is 1.33. The van der Waals surface area contributed by atoms with E-state index in [0.717, 1.165) is 12.2 Å². The second-order valence-electron chi connectivity index (χ2n) is 5.42. The van der Waals surface area contributed by atoms with Crippen LogP contribution in [-0.4, -0.2) is 39.7 Å². The third kappa shape index (κ3) is 6.75. The maximum atomic E-state index is 11.5. The summed E-state index contributed by atoms with van der Waals surface area (Å²) >= 11 is 13.3. The van der Waals surface area contributed by atoms with Gasteiger partial charge in [-0.05, 0) is 31.5 Å². The van der Waals surface area contributed by atoms with Crippen molar-refractivity contribution in [2.45, 2.75) is 31.5 Å². The standard InChI is InChI=1S/C18H21Cl2N3O3S/c1-3-9-23-16(21-22-18(23)27-12-17(24)25-4-2)6-5-10-26-15-8-7-13(19)11-14(15)20/h3,7-8,11H,1,4-6,9-10,12H2,2H3. The highest BCUT2D eigenvalue weighted by molar-refractivity contribution is 7.99. The van der Waals surface area contributed by atoms with Crippen LogP contribution in [0.4, 0.5) is 0 Å². The van der Waals surface area contributed by atoms with Gasteiger partial charge in [0.15, 0.2) is 5.16 Å². The number of hydrogen-bond acceptors (Lipinski definition) is 6. The third-order valence-corrected chi connectivity index (χ3v) is 4.90. The van der Waals surface area contributed by atoms with E-state index < -0.39 is 0 Å². The molecule has 1 aromatic heterocycles. The molecule has 0 aliphatic rings. The van der Waals surface area contributed by atoms with E-state index in [1.807, 2.05) is 4.57 Å². The van der Waals surface area contributed by atoms with Crippen molar-refractivity contribution >= 4 is 40.9 Å². The molecule has 2 rings (SSSR count). The number of carbonyl (C=O) groups excluding carboxylic acids is 1. The van der Waals surface area contributed by atoms with Crippen LogP contribution in [0.15, 0.2) is 36.0 Å². The average molecular weight is 430 g/mol. The molecule has 1 aromatic carbocycles. The molecule has 2 aromatic rings. The highest BCUT2D eigenvalue weighted by atomic mass is 35.5. The number of esters is 1. The van der Waals surface area contributed by atoms with Gasteiger partial charge in [-0.1, -0.05) is 41.0 Å². The van der Waals surface area contributed by atoms with E-state index in [1.165, 1.54) is 11.8 Å². The zero-order valence-electron chi connectivity index (χ0n) is 15.0. The second kappa shape index (κ2) is 11.2. The van der Waals surface area contributed by atoms with E-state index in [1.54, 1.807) is 31.2 Å². The molecule has 9 heteroatoms. The fraction of sp³-hybridized carbons (Fsp3) is 0.389. The first-order chi connectivity index (χ1) is 13.0. The molecule has 0 fully saturated rings. The zero-order chi connectivity index (χ0) is 19.6. The maximum absolute atomic E-state index is 11.5. The van der Waals surface area contributed by atoms with Gasteiger partial charge in [0, 0.05) is 18.0 Å². The highest BCUT2D eigenvalue weighted by Gasteiger charge is 2.14. The number of rotatable bonds is 11. The van der Waals surface area contributed by atoms with Crippen LogP contribution >= 0.6 is 35.0 Å². The molecule has 27 heavy (non-hydrogen) atoms. The molecule has 0 aliphatic carbocycles. The molecule has 0 spiro atoms. The van der Waals surface area contributed by atoms with Gasteiger partial charge in [0.05, 0.1) is 24.0 Å². The molecular weight excluding hydrogens is 409 g/mol. The maximum Gasteiger partial charge on any atom is 0.316 e. The highest BCUT2D eigenvalue weighted by Crippen LogP contribution is 2.27. The predicted octanol–water partition coefficient (Wildman–Crippen LogP) is 4.44. The van der Waals surface area contributed by atoms with E-state index in [4.69, 9.17) is 32.7 Å². The van der Waals surface area contributed by atoms with Crippen LogP contribution in [0.3, 0.4) is 0 Å². The van der Waals surface area contributed by atoms with E-state index in [-0.39, 0.29) is 11.7 Å². The Morgan fingerprint density at radius 3 is 2.89 bits per heavy atom. The Labute approximate surface area is 172 Å². The van der Waals surface area contributed by atoms with Gasteiger partial charge in [-0.15, -0.1) is 16.8 Å². The summed E-state index contributed by atoms with van der Waals surface area (Å²) < 4.78 is 12.6. The lowest BCUT2D eigenvalue weighted by Crippen LogP contribution is -2.09. The molecule has 0 saturated carbocycles. The Morgan fingerprint density at radius 2 is 2.19 bits per heavy atom.